The van der Waals surface area contributed by atoms with Crippen molar-refractivity contribution in [2.24, 2.45) is 5.92 Å². The predicted octanol–water partition coefficient (Wildman–Crippen LogP) is 0.817. The van der Waals surface area contributed by atoms with Crippen LogP contribution in [0.4, 0.5) is 9.59 Å². The van der Waals surface area contributed by atoms with E-state index in [1.54, 1.807) is 6.08 Å². The van der Waals surface area contributed by atoms with Crippen LogP contribution in [0.25, 0.3) is 0 Å². The number of methoxy groups -OCH3 is 1. The van der Waals surface area contributed by atoms with E-state index in [-0.39, 0.29) is 12.5 Å². The maximum absolute atomic E-state index is 11.3. The quantitative estimate of drug-likeness (QED) is 0.708. The highest BCUT2D eigenvalue weighted by molar-refractivity contribution is 5.71. The number of nitrogens with one attached hydrogen (secondary N) is 1. The fraction of sp³-hybridized carbons (Fsp3) is 0.455. The second kappa shape index (κ2) is 4.12. The van der Waals surface area contributed by atoms with Gasteiger partial charge in [-0.2, -0.15) is 0 Å². The van der Waals surface area contributed by atoms with E-state index >= 15 is 0 Å². The van der Waals surface area contributed by atoms with Gasteiger partial charge in [-0.1, -0.05) is 24.3 Å². The van der Waals surface area contributed by atoms with Gasteiger partial charge in [0.15, 0.2) is 0 Å². The predicted molar refractivity (Wildman–Crippen MR) is 59.6 cm³/mol. The summed E-state index contributed by atoms with van der Waals surface area (Å²) in [4.78, 5) is 23.6. The van der Waals surface area contributed by atoms with Crippen molar-refractivity contribution in [3.63, 3.8) is 0 Å². The standard InChI is InChI=1S/C11H14N2O4/c1-17-9(14)12-11-5-3-2-4-8(11)6-13(7-11)10(15)16/h2-5,8H,6-7H2,1H3,(H,12,14)(H,15,16)/t8-,11?/m1/s1. The van der Waals surface area contributed by atoms with Crippen molar-refractivity contribution in [2.45, 2.75) is 5.54 Å². The van der Waals surface area contributed by atoms with Crippen LogP contribution in [0.3, 0.4) is 0 Å². The molecule has 1 fully saturated rings. The second-order valence-electron chi connectivity index (χ2n) is 4.17. The number of amides is 2. The van der Waals surface area contributed by atoms with Crippen LogP contribution in [0.1, 0.15) is 0 Å². The number of likely N-dealkylation sites (tertiary alicyclic amines) is 1. The lowest BCUT2D eigenvalue weighted by atomic mass is 9.84. The molecule has 0 spiro atoms. The van der Waals surface area contributed by atoms with E-state index in [0.717, 1.165) is 0 Å². The van der Waals surface area contributed by atoms with Gasteiger partial charge in [-0.05, 0) is 0 Å². The van der Waals surface area contributed by atoms with E-state index in [1.807, 2.05) is 18.2 Å². The van der Waals surface area contributed by atoms with Gasteiger partial charge in [0.2, 0.25) is 0 Å². The van der Waals surface area contributed by atoms with E-state index < -0.39 is 17.7 Å². The zero-order chi connectivity index (χ0) is 12.5. The van der Waals surface area contributed by atoms with Gasteiger partial charge in [0.1, 0.15) is 0 Å². The van der Waals surface area contributed by atoms with Crippen molar-refractivity contribution in [3.8, 4) is 0 Å². The molecule has 0 aromatic rings. The lowest BCUT2D eigenvalue weighted by Crippen LogP contribution is -2.53. The Morgan fingerprint density at radius 2 is 2.29 bits per heavy atom. The molecule has 2 rings (SSSR count). The van der Waals surface area contributed by atoms with E-state index in [2.05, 4.69) is 10.1 Å². The SMILES string of the molecule is COC(=O)NC12C=CC=C[C@@H]1CN(C(=O)O)C2. The number of ether oxygens (including phenoxy) is 1. The Kier molecular flexibility index (Phi) is 2.79. The normalized spacial score (nSPS) is 29.9. The summed E-state index contributed by atoms with van der Waals surface area (Å²) in [5.41, 5.74) is -0.680. The molecule has 1 aliphatic carbocycles. The second-order valence-corrected chi connectivity index (χ2v) is 4.17. The first-order valence-corrected chi connectivity index (χ1v) is 5.27. The third-order valence-electron chi connectivity index (χ3n) is 3.17. The number of nitrogens with zero attached hydrogens (tertiary/aromatic N) is 1. The third kappa shape index (κ3) is 1.98. The van der Waals surface area contributed by atoms with E-state index in [0.29, 0.717) is 6.54 Å². The molecule has 1 aliphatic heterocycles. The fourth-order valence-electron chi connectivity index (χ4n) is 2.29. The molecule has 6 nitrogen and oxygen atoms in total. The zero-order valence-corrected chi connectivity index (χ0v) is 9.42. The number of hydrogen-bond acceptors (Lipinski definition) is 3. The van der Waals surface area contributed by atoms with E-state index in [1.165, 1.54) is 12.0 Å². The molecule has 17 heavy (non-hydrogen) atoms. The number of carboxylic acid groups (broad SMARTS) is 1. The van der Waals surface area contributed by atoms with Crippen molar-refractivity contribution in [1.82, 2.24) is 10.2 Å². The minimum Gasteiger partial charge on any atom is -0.465 e. The van der Waals surface area contributed by atoms with Gasteiger partial charge in [-0.15, -0.1) is 0 Å². The van der Waals surface area contributed by atoms with Gasteiger partial charge in [-0.3, -0.25) is 0 Å². The number of allylic oxidation sites excluding steroid dienone is 2. The Labute approximate surface area is 98.5 Å². The van der Waals surface area contributed by atoms with Crippen LogP contribution >= 0.6 is 0 Å². The molecule has 92 valence electrons. The van der Waals surface area contributed by atoms with Crippen molar-refractivity contribution >= 4 is 12.2 Å². The van der Waals surface area contributed by atoms with Crippen LogP contribution in [0.15, 0.2) is 24.3 Å². The molecule has 2 amide bonds. The van der Waals surface area contributed by atoms with Crippen molar-refractivity contribution in [1.29, 1.82) is 0 Å². The Hall–Kier alpha value is -1.98. The summed E-state index contributed by atoms with van der Waals surface area (Å²) in [6.45, 7) is 0.614. The maximum atomic E-state index is 11.3. The topological polar surface area (TPSA) is 78.9 Å². The highest BCUT2D eigenvalue weighted by Crippen LogP contribution is 2.32. The molecule has 6 heteroatoms. The van der Waals surface area contributed by atoms with Gasteiger partial charge in [-0.25, -0.2) is 9.59 Å². The molecular formula is C11H14N2O4. The van der Waals surface area contributed by atoms with E-state index in [9.17, 15) is 9.59 Å². The number of carbonyl (C=O) groups excluding carboxylic acids is 1. The van der Waals surface area contributed by atoms with Gasteiger partial charge >= 0.3 is 12.2 Å². The van der Waals surface area contributed by atoms with E-state index in [4.69, 9.17) is 5.11 Å². The Balaban J connectivity index is 2.22. The van der Waals surface area contributed by atoms with Crippen molar-refractivity contribution in [3.05, 3.63) is 24.3 Å². The van der Waals surface area contributed by atoms with Crippen LogP contribution < -0.4 is 5.32 Å². The highest BCUT2D eigenvalue weighted by Gasteiger charge is 2.47. The van der Waals surface area contributed by atoms with Crippen LogP contribution in [0.5, 0.6) is 0 Å². The monoisotopic (exact) mass is 238 g/mol. The average Bonchev–Trinajstić information content (AvgIpc) is 2.68. The molecule has 2 aliphatic rings. The summed E-state index contributed by atoms with van der Waals surface area (Å²) < 4.78 is 4.58. The first-order chi connectivity index (χ1) is 8.07. The molecule has 0 aromatic carbocycles. The van der Waals surface area contributed by atoms with Crippen molar-refractivity contribution in [2.75, 3.05) is 20.2 Å². The minimum absolute atomic E-state index is 0.0531. The van der Waals surface area contributed by atoms with Crippen molar-refractivity contribution < 1.29 is 19.4 Å². The smallest absolute Gasteiger partial charge is 0.407 e. The number of alkyl carbamates (subject to hydrolysis) is 1. The lowest BCUT2D eigenvalue weighted by Gasteiger charge is -2.31. The molecule has 2 N–H and O–H groups in total. The van der Waals surface area contributed by atoms with Gasteiger partial charge in [0, 0.05) is 12.5 Å². The zero-order valence-electron chi connectivity index (χ0n) is 9.42. The molecule has 1 saturated heterocycles. The molecule has 1 unspecified atom stereocenters. The summed E-state index contributed by atoms with van der Waals surface area (Å²) >= 11 is 0. The van der Waals surface area contributed by atoms with Crippen LogP contribution in [-0.4, -0.2) is 47.9 Å². The first-order valence-electron chi connectivity index (χ1n) is 5.27. The molecule has 0 radical (unpaired) electrons. The Morgan fingerprint density at radius 1 is 1.53 bits per heavy atom. The summed E-state index contributed by atoms with van der Waals surface area (Å²) in [5, 5.41) is 11.7. The largest absolute Gasteiger partial charge is 0.465 e. The van der Waals surface area contributed by atoms with Gasteiger partial charge < -0.3 is 20.1 Å². The Bertz CT molecular complexity index is 404. The molecule has 2 atom stereocenters. The third-order valence-corrected chi connectivity index (χ3v) is 3.17. The number of hydrogen-bond donors (Lipinski definition) is 2. The molecular weight excluding hydrogens is 224 g/mol. The number of fused-ring (bicyclic) bond motifs is 1. The molecule has 0 saturated carbocycles. The van der Waals surface area contributed by atoms with Crippen LogP contribution in [0.2, 0.25) is 0 Å². The summed E-state index contributed by atoms with van der Waals surface area (Å²) in [7, 11) is 1.28. The van der Waals surface area contributed by atoms with Gasteiger partial charge in [0.05, 0.1) is 19.2 Å². The highest BCUT2D eigenvalue weighted by atomic mass is 16.5. The lowest BCUT2D eigenvalue weighted by molar-refractivity contribution is 0.147. The number of carbonyl (C=O) groups is 2. The molecule has 0 aromatic heterocycles. The summed E-state index contributed by atoms with van der Waals surface area (Å²) in [6.07, 6.45) is 5.84. The fourth-order valence-corrected chi connectivity index (χ4v) is 2.29. The summed E-state index contributed by atoms with van der Waals surface area (Å²) in [5.74, 6) is -0.0531. The number of rotatable bonds is 1. The maximum Gasteiger partial charge on any atom is 0.407 e. The first kappa shape index (κ1) is 11.5. The Morgan fingerprint density at radius 3 is 2.94 bits per heavy atom. The minimum atomic E-state index is -0.979. The van der Waals surface area contributed by atoms with Gasteiger partial charge in [0.25, 0.3) is 0 Å². The van der Waals surface area contributed by atoms with Crippen LogP contribution in [-0.2, 0) is 4.74 Å². The molecule has 1 heterocycles. The molecule has 0 bridgehead atoms. The average molecular weight is 238 g/mol. The summed E-state index contributed by atoms with van der Waals surface area (Å²) in [6, 6.07) is 0. The van der Waals surface area contributed by atoms with Crippen LogP contribution in [0, 0.1) is 5.92 Å².